The van der Waals surface area contributed by atoms with E-state index in [0.29, 0.717) is 17.9 Å². The van der Waals surface area contributed by atoms with E-state index in [1.54, 1.807) is 55.5 Å². The third-order valence-corrected chi connectivity index (χ3v) is 9.25. The van der Waals surface area contributed by atoms with Crippen molar-refractivity contribution in [2.45, 2.75) is 70.0 Å². The van der Waals surface area contributed by atoms with Gasteiger partial charge in [0, 0.05) is 12.6 Å². The highest BCUT2D eigenvalue weighted by Gasteiger charge is 2.33. The summed E-state index contributed by atoms with van der Waals surface area (Å²) >= 11 is 0. The van der Waals surface area contributed by atoms with E-state index >= 15 is 0 Å². The summed E-state index contributed by atoms with van der Waals surface area (Å²) in [4.78, 5) is 28.7. The van der Waals surface area contributed by atoms with Crippen LogP contribution < -0.4 is 14.4 Å². The van der Waals surface area contributed by atoms with Crippen LogP contribution in [0.3, 0.4) is 0 Å². The smallest absolute Gasteiger partial charge is 0.264 e. The summed E-state index contributed by atoms with van der Waals surface area (Å²) in [5.74, 6) is -0.741. The van der Waals surface area contributed by atoms with Gasteiger partial charge < -0.3 is 15.0 Å². The minimum atomic E-state index is -4.17. The number of nitrogens with one attached hydrogen (secondary N) is 1. The first kappa shape index (κ1) is 31.0. The molecule has 1 N–H and O–H groups in total. The third-order valence-electron chi connectivity index (χ3n) is 7.46. The molecule has 0 heterocycles. The second-order valence-corrected chi connectivity index (χ2v) is 12.4. The van der Waals surface area contributed by atoms with Crippen molar-refractivity contribution in [3.8, 4) is 5.75 Å². The van der Waals surface area contributed by atoms with Crippen molar-refractivity contribution in [2.24, 2.45) is 0 Å². The fourth-order valence-electron chi connectivity index (χ4n) is 5.00. The van der Waals surface area contributed by atoms with E-state index in [9.17, 15) is 22.4 Å². The summed E-state index contributed by atoms with van der Waals surface area (Å²) in [6.07, 6.45) is 3.83. The zero-order chi connectivity index (χ0) is 30.3. The number of aryl methyl sites for hydroxylation is 1. The Morgan fingerprint density at radius 2 is 1.60 bits per heavy atom. The zero-order valence-corrected chi connectivity index (χ0v) is 25.1. The standard InChI is InChI=1S/C32H38FN3O5S/c1-4-41-29-17-15-28(16-18-29)36(42(39,40)30-19-9-23(2)10-20-30)22-31(37)35(21-25-11-13-26(33)14-12-25)24(3)32(38)34-27-7-5-6-8-27/h9-20,24,27H,4-8,21-22H2,1-3H3,(H,34,38)/t24-/m1/s1. The first-order valence-corrected chi connectivity index (χ1v) is 15.7. The average Bonchev–Trinajstić information content (AvgIpc) is 3.49. The molecule has 1 aliphatic rings. The molecule has 0 bridgehead atoms. The third kappa shape index (κ3) is 7.67. The van der Waals surface area contributed by atoms with Gasteiger partial charge in [0.1, 0.15) is 24.2 Å². The summed E-state index contributed by atoms with van der Waals surface area (Å²) in [7, 11) is -4.17. The number of hydrogen-bond donors (Lipinski definition) is 1. The predicted molar refractivity (Wildman–Crippen MR) is 160 cm³/mol. The number of benzene rings is 3. The fourth-order valence-corrected chi connectivity index (χ4v) is 6.42. The SMILES string of the molecule is CCOc1ccc(N(CC(=O)N(Cc2ccc(F)cc2)[C@H](C)C(=O)NC2CCCC2)S(=O)(=O)c2ccc(C)cc2)cc1. The molecule has 1 aliphatic carbocycles. The Hall–Kier alpha value is -3.92. The predicted octanol–water partition coefficient (Wildman–Crippen LogP) is 5.20. The lowest BCUT2D eigenvalue weighted by Gasteiger charge is -2.32. The van der Waals surface area contributed by atoms with Gasteiger partial charge in [0.05, 0.1) is 17.2 Å². The van der Waals surface area contributed by atoms with Gasteiger partial charge in [-0.1, -0.05) is 42.7 Å². The molecule has 1 atom stereocenters. The molecule has 0 saturated heterocycles. The van der Waals surface area contributed by atoms with Crippen LogP contribution in [0.1, 0.15) is 50.7 Å². The fraction of sp³-hybridized carbons (Fsp3) is 0.375. The summed E-state index contributed by atoms with van der Waals surface area (Å²) in [5, 5.41) is 3.03. The van der Waals surface area contributed by atoms with Gasteiger partial charge in [-0.2, -0.15) is 0 Å². The van der Waals surface area contributed by atoms with Crippen LogP contribution >= 0.6 is 0 Å². The first-order valence-electron chi connectivity index (χ1n) is 14.2. The summed E-state index contributed by atoms with van der Waals surface area (Å²) in [6.45, 7) is 5.23. The number of amides is 2. The van der Waals surface area contributed by atoms with Crippen molar-refractivity contribution in [1.29, 1.82) is 0 Å². The van der Waals surface area contributed by atoms with E-state index < -0.39 is 34.3 Å². The minimum Gasteiger partial charge on any atom is -0.494 e. The average molecular weight is 596 g/mol. The first-order chi connectivity index (χ1) is 20.1. The highest BCUT2D eigenvalue weighted by atomic mass is 32.2. The highest BCUT2D eigenvalue weighted by molar-refractivity contribution is 7.92. The summed E-state index contributed by atoms with van der Waals surface area (Å²) in [5.41, 5.74) is 1.78. The topological polar surface area (TPSA) is 96.0 Å². The van der Waals surface area contributed by atoms with Crippen LogP contribution in [0, 0.1) is 12.7 Å². The molecule has 1 saturated carbocycles. The van der Waals surface area contributed by atoms with Crippen LogP contribution in [0.25, 0.3) is 0 Å². The quantitative estimate of drug-likeness (QED) is 0.310. The highest BCUT2D eigenvalue weighted by Crippen LogP contribution is 2.27. The molecule has 3 aromatic rings. The molecule has 1 fully saturated rings. The maximum Gasteiger partial charge on any atom is 0.264 e. The zero-order valence-electron chi connectivity index (χ0n) is 24.3. The number of anilines is 1. The normalized spacial score (nSPS) is 14.3. The van der Waals surface area contributed by atoms with Gasteiger partial charge >= 0.3 is 0 Å². The monoisotopic (exact) mass is 595 g/mol. The van der Waals surface area contributed by atoms with E-state index in [4.69, 9.17) is 4.74 Å². The number of carbonyl (C=O) groups excluding carboxylic acids is 2. The molecule has 10 heteroatoms. The van der Waals surface area contributed by atoms with Crippen LogP contribution in [0.5, 0.6) is 5.75 Å². The lowest BCUT2D eigenvalue weighted by atomic mass is 10.1. The maximum atomic E-state index is 14.0. The van der Waals surface area contributed by atoms with Crippen molar-refractivity contribution in [1.82, 2.24) is 10.2 Å². The van der Waals surface area contributed by atoms with Crippen LogP contribution in [0.15, 0.2) is 77.7 Å². The molecule has 0 radical (unpaired) electrons. The van der Waals surface area contributed by atoms with Crippen LogP contribution in [-0.4, -0.2) is 50.4 Å². The second-order valence-electron chi connectivity index (χ2n) is 10.6. The molecule has 42 heavy (non-hydrogen) atoms. The lowest BCUT2D eigenvalue weighted by Crippen LogP contribution is -2.52. The number of rotatable bonds is 12. The van der Waals surface area contributed by atoms with Gasteiger partial charge in [-0.05, 0) is 87.7 Å². The molecule has 4 rings (SSSR count). The summed E-state index contributed by atoms with van der Waals surface area (Å²) < 4.78 is 48.1. The minimum absolute atomic E-state index is 0.0000633. The van der Waals surface area contributed by atoms with Crippen molar-refractivity contribution in [3.63, 3.8) is 0 Å². The number of carbonyl (C=O) groups is 2. The molecule has 224 valence electrons. The lowest BCUT2D eigenvalue weighted by molar-refractivity contribution is -0.139. The van der Waals surface area contributed by atoms with E-state index in [2.05, 4.69) is 5.32 Å². The van der Waals surface area contributed by atoms with E-state index in [1.807, 2.05) is 13.8 Å². The maximum absolute atomic E-state index is 14.0. The molecule has 2 amide bonds. The van der Waals surface area contributed by atoms with Gasteiger partial charge in [0.2, 0.25) is 11.8 Å². The Morgan fingerprint density at radius 1 is 0.976 bits per heavy atom. The van der Waals surface area contributed by atoms with Crippen molar-refractivity contribution < 1.29 is 27.1 Å². The van der Waals surface area contributed by atoms with Crippen LogP contribution in [0.4, 0.5) is 10.1 Å². The molecule has 0 spiro atoms. The molecule has 3 aromatic carbocycles. The Labute approximate surface area is 247 Å². The number of nitrogens with zero attached hydrogens (tertiary/aromatic N) is 2. The number of halogens is 1. The van der Waals surface area contributed by atoms with Crippen molar-refractivity contribution >= 4 is 27.5 Å². The van der Waals surface area contributed by atoms with Gasteiger partial charge in [-0.3, -0.25) is 13.9 Å². The van der Waals surface area contributed by atoms with Crippen LogP contribution in [0.2, 0.25) is 0 Å². The molecular formula is C32H38FN3O5S. The van der Waals surface area contributed by atoms with Crippen LogP contribution in [-0.2, 0) is 26.2 Å². The Balaban J connectivity index is 1.68. The second kappa shape index (κ2) is 13.8. The number of hydrogen-bond acceptors (Lipinski definition) is 5. The molecule has 0 aromatic heterocycles. The molecular weight excluding hydrogens is 557 g/mol. The van der Waals surface area contributed by atoms with E-state index in [1.165, 1.54) is 29.2 Å². The summed E-state index contributed by atoms with van der Waals surface area (Å²) in [6, 6.07) is 17.7. The van der Waals surface area contributed by atoms with Gasteiger partial charge in [-0.25, -0.2) is 12.8 Å². The van der Waals surface area contributed by atoms with E-state index in [0.717, 1.165) is 35.6 Å². The molecule has 0 unspecified atom stereocenters. The Morgan fingerprint density at radius 3 is 2.19 bits per heavy atom. The van der Waals surface area contributed by atoms with Crippen molar-refractivity contribution in [3.05, 3.63) is 89.7 Å². The number of ether oxygens (including phenoxy) is 1. The Kier molecular flexibility index (Phi) is 10.2. The van der Waals surface area contributed by atoms with E-state index in [-0.39, 0.29) is 29.1 Å². The van der Waals surface area contributed by atoms with Gasteiger partial charge in [0.15, 0.2) is 0 Å². The number of sulfonamides is 1. The van der Waals surface area contributed by atoms with Gasteiger partial charge in [-0.15, -0.1) is 0 Å². The molecule has 8 nitrogen and oxygen atoms in total. The largest absolute Gasteiger partial charge is 0.494 e. The van der Waals surface area contributed by atoms with Crippen molar-refractivity contribution in [2.75, 3.05) is 17.5 Å². The van der Waals surface area contributed by atoms with Gasteiger partial charge in [0.25, 0.3) is 10.0 Å². The Bertz CT molecular complexity index is 1460. The molecule has 0 aliphatic heterocycles.